The summed E-state index contributed by atoms with van der Waals surface area (Å²) in [5, 5.41) is 0. The summed E-state index contributed by atoms with van der Waals surface area (Å²) in [5.41, 5.74) is 6.23. The van der Waals surface area contributed by atoms with Crippen LogP contribution in [0.1, 0.15) is 40.5 Å². The van der Waals surface area contributed by atoms with Crippen molar-refractivity contribution in [3.8, 4) is 0 Å². The standard InChI is InChI=1S/C21H30N6O4/c1-12(2)26(14-5-13(6-14)8-28)7-15-17-21(9-29-15,31-20(3,4)30-17)27-11-25-16-18(22)23-10-24-19(16)27/h8,10-15,17H,5-7,9H2,1-4H3,(H2,22,23,24)/t13-,14+,15-,17-,21+/m1/s1. The second-order valence-electron chi connectivity index (χ2n) is 9.59. The van der Waals surface area contributed by atoms with E-state index in [0.29, 0.717) is 42.2 Å². The molecule has 5 rings (SSSR count). The van der Waals surface area contributed by atoms with Gasteiger partial charge in [0.1, 0.15) is 30.3 Å². The van der Waals surface area contributed by atoms with Crippen molar-refractivity contribution in [2.45, 2.75) is 76.3 Å². The third-order valence-corrected chi connectivity index (χ3v) is 6.75. The van der Waals surface area contributed by atoms with E-state index in [-0.39, 0.29) is 18.1 Å². The maximum Gasteiger partial charge on any atom is 0.203 e. The lowest BCUT2D eigenvalue weighted by molar-refractivity contribution is -0.206. The van der Waals surface area contributed by atoms with E-state index in [1.807, 2.05) is 18.4 Å². The molecule has 0 aromatic carbocycles. The van der Waals surface area contributed by atoms with Crippen molar-refractivity contribution < 1.29 is 19.0 Å². The molecule has 0 amide bonds. The fourth-order valence-corrected chi connectivity index (χ4v) is 5.23. The molecule has 3 fully saturated rings. The van der Waals surface area contributed by atoms with Gasteiger partial charge in [0.15, 0.2) is 17.3 Å². The zero-order chi connectivity index (χ0) is 22.0. The first-order chi connectivity index (χ1) is 14.7. The average molecular weight is 431 g/mol. The van der Waals surface area contributed by atoms with Crippen LogP contribution in [0, 0.1) is 5.92 Å². The van der Waals surface area contributed by atoms with Crippen LogP contribution in [0.15, 0.2) is 12.7 Å². The molecule has 2 aliphatic heterocycles. The molecule has 0 spiro atoms. The van der Waals surface area contributed by atoms with Gasteiger partial charge in [-0.25, -0.2) is 15.0 Å². The number of nitrogens with zero attached hydrogens (tertiary/aromatic N) is 5. The van der Waals surface area contributed by atoms with E-state index in [1.54, 1.807) is 6.33 Å². The number of carbonyl (C=O) groups excluding carboxylic acids is 1. The van der Waals surface area contributed by atoms with Gasteiger partial charge in [-0.2, -0.15) is 0 Å². The van der Waals surface area contributed by atoms with Gasteiger partial charge in [0.05, 0.1) is 12.9 Å². The highest BCUT2D eigenvalue weighted by Gasteiger charge is 2.63. The molecule has 4 heterocycles. The SMILES string of the molecule is CC(C)N(C[C@H]1OC[C@]2(n3cnc4c(N)ncnc43)OC(C)(C)O[C@H]12)[C@H]1C[C@@H](C=O)C1. The molecule has 0 bridgehead atoms. The quantitative estimate of drug-likeness (QED) is 0.677. The molecule has 0 unspecified atom stereocenters. The molecule has 2 saturated heterocycles. The number of carbonyl (C=O) groups is 1. The molecule has 2 aromatic rings. The first-order valence-corrected chi connectivity index (χ1v) is 10.9. The molecule has 3 aliphatic rings. The van der Waals surface area contributed by atoms with Crippen LogP contribution in [0.3, 0.4) is 0 Å². The average Bonchev–Trinajstić information content (AvgIpc) is 3.31. The van der Waals surface area contributed by atoms with E-state index < -0.39 is 11.5 Å². The number of ether oxygens (including phenoxy) is 3. The summed E-state index contributed by atoms with van der Waals surface area (Å²) in [7, 11) is 0. The van der Waals surface area contributed by atoms with E-state index >= 15 is 0 Å². The van der Waals surface area contributed by atoms with Crippen LogP contribution in [-0.4, -0.2) is 73.9 Å². The van der Waals surface area contributed by atoms with E-state index in [9.17, 15) is 4.79 Å². The summed E-state index contributed by atoms with van der Waals surface area (Å²) >= 11 is 0. The van der Waals surface area contributed by atoms with Crippen LogP contribution in [0.2, 0.25) is 0 Å². The van der Waals surface area contributed by atoms with Crippen molar-refractivity contribution >= 4 is 23.3 Å². The number of nitrogen functional groups attached to an aromatic ring is 1. The van der Waals surface area contributed by atoms with Gasteiger partial charge in [-0.05, 0) is 40.5 Å². The van der Waals surface area contributed by atoms with Crippen molar-refractivity contribution in [1.82, 2.24) is 24.4 Å². The minimum atomic E-state index is -0.892. The normalized spacial score (nSPS) is 34.4. The Bertz CT molecular complexity index is 987. The molecule has 0 radical (unpaired) electrons. The van der Waals surface area contributed by atoms with Crippen molar-refractivity contribution in [2.75, 3.05) is 18.9 Å². The Morgan fingerprint density at radius 2 is 2.10 bits per heavy atom. The molecule has 3 atom stereocenters. The Morgan fingerprint density at radius 1 is 1.32 bits per heavy atom. The maximum atomic E-state index is 11.1. The highest BCUT2D eigenvalue weighted by Crippen LogP contribution is 2.48. The van der Waals surface area contributed by atoms with Crippen LogP contribution in [-0.2, 0) is 24.7 Å². The number of hydrogen-bond donors (Lipinski definition) is 1. The number of anilines is 1. The van der Waals surface area contributed by atoms with Crippen molar-refractivity contribution in [3.05, 3.63) is 12.7 Å². The van der Waals surface area contributed by atoms with Crippen LogP contribution < -0.4 is 5.73 Å². The Labute approximate surface area is 181 Å². The number of aldehydes is 1. The number of fused-ring (bicyclic) bond motifs is 2. The molecule has 1 aliphatic carbocycles. The Morgan fingerprint density at radius 3 is 2.81 bits per heavy atom. The number of aromatic nitrogens is 4. The number of hydrogen-bond acceptors (Lipinski definition) is 9. The number of rotatable bonds is 6. The fourth-order valence-electron chi connectivity index (χ4n) is 5.23. The summed E-state index contributed by atoms with van der Waals surface area (Å²) in [6.45, 7) is 9.18. The minimum Gasteiger partial charge on any atom is -0.382 e. The molecule has 31 heavy (non-hydrogen) atoms. The van der Waals surface area contributed by atoms with Gasteiger partial charge in [-0.15, -0.1) is 0 Å². The third-order valence-electron chi connectivity index (χ3n) is 6.75. The summed E-state index contributed by atoms with van der Waals surface area (Å²) in [4.78, 5) is 26.4. The molecule has 168 valence electrons. The molecule has 10 heteroatoms. The van der Waals surface area contributed by atoms with Gasteiger partial charge < -0.3 is 24.7 Å². The van der Waals surface area contributed by atoms with E-state index in [0.717, 1.165) is 19.1 Å². The smallest absolute Gasteiger partial charge is 0.203 e. The Hall–Kier alpha value is -2.14. The molecule has 2 aromatic heterocycles. The van der Waals surface area contributed by atoms with Crippen LogP contribution >= 0.6 is 0 Å². The van der Waals surface area contributed by atoms with Gasteiger partial charge in [0, 0.05) is 24.5 Å². The lowest BCUT2D eigenvalue weighted by atomic mass is 9.79. The lowest BCUT2D eigenvalue weighted by Crippen LogP contribution is -2.53. The molecule has 2 N–H and O–H groups in total. The van der Waals surface area contributed by atoms with Gasteiger partial charge in [0.2, 0.25) is 5.72 Å². The largest absolute Gasteiger partial charge is 0.382 e. The van der Waals surface area contributed by atoms with Crippen molar-refractivity contribution in [3.63, 3.8) is 0 Å². The maximum absolute atomic E-state index is 11.1. The highest BCUT2D eigenvalue weighted by atomic mass is 16.8. The molecular formula is C21H30N6O4. The van der Waals surface area contributed by atoms with Gasteiger partial charge >= 0.3 is 0 Å². The molecule has 1 saturated carbocycles. The van der Waals surface area contributed by atoms with Gasteiger partial charge in [-0.3, -0.25) is 9.47 Å². The Kier molecular flexibility index (Phi) is 4.81. The van der Waals surface area contributed by atoms with Gasteiger partial charge in [0.25, 0.3) is 0 Å². The van der Waals surface area contributed by atoms with Gasteiger partial charge in [-0.1, -0.05) is 0 Å². The fraction of sp³-hybridized carbons (Fsp3) is 0.714. The highest BCUT2D eigenvalue weighted by molar-refractivity contribution is 5.81. The van der Waals surface area contributed by atoms with Crippen LogP contribution in [0.4, 0.5) is 5.82 Å². The summed E-state index contributed by atoms with van der Waals surface area (Å²) in [6, 6.07) is 0.707. The van der Waals surface area contributed by atoms with Crippen molar-refractivity contribution in [2.24, 2.45) is 5.92 Å². The molecular weight excluding hydrogens is 400 g/mol. The third kappa shape index (κ3) is 3.24. The summed E-state index contributed by atoms with van der Waals surface area (Å²) in [5.74, 6) is -0.294. The molecule has 10 nitrogen and oxygen atoms in total. The first kappa shape index (κ1) is 20.7. The van der Waals surface area contributed by atoms with Crippen LogP contribution in [0.25, 0.3) is 11.2 Å². The number of imidazole rings is 1. The Balaban J connectivity index is 1.46. The van der Waals surface area contributed by atoms with Crippen LogP contribution in [0.5, 0.6) is 0 Å². The zero-order valence-corrected chi connectivity index (χ0v) is 18.4. The minimum absolute atomic E-state index is 0.169. The monoisotopic (exact) mass is 430 g/mol. The second kappa shape index (κ2) is 7.19. The zero-order valence-electron chi connectivity index (χ0n) is 18.4. The number of nitrogens with two attached hydrogens (primary N) is 1. The van der Waals surface area contributed by atoms with E-state index in [2.05, 4.69) is 33.7 Å². The lowest BCUT2D eigenvalue weighted by Gasteiger charge is -2.44. The predicted molar refractivity (Wildman–Crippen MR) is 112 cm³/mol. The topological polar surface area (TPSA) is 118 Å². The van der Waals surface area contributed by atoms with E-state index in [4.69, 9.17) is 19.9 Å². The van der Waals surface area contributed by atoms with E-state index in [1.165, 1.54) is 6.33 Å². The predicted octanol–water partition coefficient (Wildman–Crippen LogP) is 1.30. The summed E-state index contributed by atoms with van der Waals surface area (Å²) < 4.78 is 21.0. The first-order valence-electron chi connectivity index (χ1n) is 10.9. The second-order valence-corrected chi connectivity index (χ2v) is 9.59. The van der Waals surface area contributed by atoms with Crippen molar-refractivity contribution in [1.29, 1.82) is 0 Å². The summed E-state index contributed by atoms with van der Waals surface area (Å²) in [6.07, 6.45) is 5.43.